The molecule has 0 fully saturated rings. The van der Waals surface area contributed by atoms with Crippen molar-refractivity contribution >= 4 is 130 Å². The molecule has 0 saturated heterocycles. The van der Waals surface area contributed by atoms with Crippen LogP contribution in [0.5, 0.6) is 5.75 Å². The van der Waals surface area contributed by atoms with Crippen molar-refractivity contribution in [3.05, 3.63) is 16.3 Å². The molecule has 0 aliphatic rings. The first kappa shape index (κ1) is 26.3. The predicted molar refractivity (Wildman–Crippen MR) is 131 cm³/mol. The number of pyridine rings is 1. The summed E-state index contributed by atoms with van der Waals surface area (Å²) in [7, 11) is 56.8. The Hall–Kier alpha value is -1.95. The second-order valence-electron chi connectivity index (χ2n) is 6.54. The van der Waals surface area contributed by atoms with Crippen LogP contribution in [0.1, 0.15) is 16.1 Å². The lowest BCUT2D eigenvalue weighted by molar-refractivity contribution is -0.136. The van der Waals surface area contributed by atoms with E-state index in [1.165, 1.54) is 0 Å². The third-order valence-corrected chi connectivity index (χ3v) is 5.06. The van der Waals surface area contributed by atoms with Crippen LogP contribution in [0.4, 0.5) is 0 Å². The van der Waals surface area contributed by atoms with Gasteiger partial charge in [0.15, 0.2) is 5.69 Å². The molecule has 0 N–H and O–H groups in total. The van der Waals surface area contributed by atoms with E-state index in [1.807, 2.05) is 0 Å². The minimum absolute atomic E-state index is 0.0118. The molecule has 134 valence electrons. The van der Waals surface area contributed by atoms with Crippen LogP contribution >= 0.6 is 11.6 Å². The number of aromatic nitrogens is 1. The topological polar surface area (TPSA) is 68.7 Å². The van der Waals surface area contributed by atoms with Crippen LogP contribution in [0.3, 0.4) is 0 Å². The summed E-state index contributed by atoms with van der Waals surface area (Å²) < 4.78 is 8.65. The van der Waals surface area contributed by atoms with E-state index >= 15 is 0 Å². The fourth-order valence-electron chi connectivity index (χ4n) is 2.84. The molecule has 0 unspecified atom stereocenters. The highest BCUT2D eigenvalue weighted by Gasteiger charge is 2.36. The van der Waals surface area contributed by atoms with Gasteiger partial charge in [-0.1, -0.05) is 33.6 Å². The molecule has 1 aromatic heterocycles. The third-order valence-electron chi connectivity index (χ3n) is 4.65. The minimum atomic E-state index is -2.69. The van der Waals surface area contributed by atoms with Crippen LogP contribution in [0.2, 0.25) is 5.02 Å². The van der Waals surface area contributed by atoms with Gasteiger partial charge in [0.2, 0.25) is 7.98 Å². The molecule has 0 aliphatic heterocycles. The molecule has 1 heterocycles. The third kappa shape index (κ3) is 4.18. The van der Waals surface area contributed by atoms with E-state index in [1.54, 1.807) is 6.92 Å². The molecule has 1 aromatic carbocycles. The first-order chi connectivity index (χ1) is 14.7. The summed E-state index contributed by atoms with van der Waals surface area (Å²) in [4.78, 5) is 28.5. The van der Waals surface area contributed by atoms with Gasteiger partial charge in [-0.15, -0.1) is 0 Å². The Balaban J connectivity index is 2.80. The van der Waals surface area contributed by atoms with Crippen molar-refractivity contribution in [1.82, 2.24) is 9.79 Å². The molecule has 2 aromatic rings. The van der Waals surface area contributed by atoms with Crippen molar-refractivity contribution in [2.75, 3.05) is 0 Å². The van der Waals surface area contributed by atoms with E-state index in [4.69, 9.17) is 95.3 Å². The molecule has 0 saturated carbocycles. The second-order valence-corrected chi connectivity index (χ2v) is 6.92. The number of carbonyl (C=O) groups is 2. The van der Waals surface area contributed by atoms with Gasteiger partial charge in [0, 0.05) is 10.4 Å². The summed E-state index contributed by atoms with van der Waals surface area (Å²) in [5.74, 6) is -3.22. The van der Waals surface area contributed by atoms with E-state index in [2.05, 4.69) is 9.64 Å². The molecule has 17 heteroatoms. The average molecular weight is 419 g/mol. The van der Waals surface area contributed by atoms with Gasteiger partial charge in [-0.05, 0) is 29.1 Å². The number of halogens is 1. The highest BCUT2D eigenvalue weighted by molar-refractivity contribution is 6.61. The number of carbonyl (C=O) groups excluding carboxylic acids is 2. The molecular formula is C15H3B10ClN2O4. The summed E-state index contributed by atoms with van der Waals surface area (Å²) in [5, 5.41) is -2.75. The zero-order chi connectivity index (χ0) is 24.7. The number of nitrogens with zero attached hydrogens (tertiary/aromatic N) is 2. The van der Waals surface area contributed by atoms with Crippen LogP contribution in [0.15, 0.2) is 0 Å². The van der Waals surface area contributed by atoms with Gasteiger partial charge < -0.3 is 14.1 Å². The number of amides is 1. The van der Waals surface area contributed by atoms with E-state index in [9.17, 15) is 9.59 Å². The molecule has 0 atom stereocenters. The normalized spacial score (nSPS) is 11.1. The van der Waals surface area contributed by atoms with Gasteiger partial charge in [0.05, 0.1) is 0 Å². The van der Waals surface area contributed by atoms with Crippen LogP contribution in [-0.2, 0) is 9.45 Å². The highest BCUT2D eigenvalue weighted by Crippen LogP contribution is 2.24. The molecule has 0 bridgehead atoms. The Kier molecular flexibility index (Phi) is 7.81. The Morgan fingerprint density at radius 2 is 1.53 bits per heavy atom. The Morgan fingerprint density at radius 3 is 2.03 bits per heavy atom. The van der Waals surface area contributed by atoms with Gasteiger partial charge in [-0.3, -0.25) is 14.6 Å². The standard InChI is InChI=1S/C15H3B10ClN2O4/c1-2-3(6(17)9(26)8(19)5(2)16)4-7(18)11(31-24)10(27-12(4)20)13(29)28(23)15(21,22)14(30)32-25/h1H3. The first-order valence-corrected chi connectivity index (χ1v) is 8.78. The Labute approximate surface area is 203 Å². The molecule has 32 heavy (non-hydrogen) atoms. The Morgan fingerprint density at radius 1 is 0.969 bits per heavy atom. The quantitative estimate of drug-likeness (QED) is 0.453. The Bertz CT molecular complexity index is 1100. The smallest absolute Gasteiger partial charge is 0.378 e. The molecule has 2 rings (SSSR count). The van der Waals surface area contributed by atoms with Crippen LogP contribution in [0.25, 0.3) is 11.1 Å². The summed E-state index contributed by atoms with van der Waals surface area (Å²) in [5.41, 5.74) is -0.628. The number of hydrogen-bond donors (Lipinski definition) is 0. The van der Waals surface area contributed by atoms with Crippen molar-refractivity contribution in [3.63, 3.8) is 0 Å². The predicted octanol–water partition coefficient (Wildman–Crippen LogP) is -5.72. The lowest BCUT2D eigenvalue weighted by atomic mass is 9.59. The first-order valence-electron chi connectivity index (χ1n) is 8.40. The molecular weight excluding hydrogens is 416 g/mol. The second kappa shape index (κ2) is 9.50. The van der Waals surface area contributed by atoms with E-state index < -0.39 is 28.7 Å². The van der Waals surface area contributed by atoms with Crippen molar-refractivity contribution in [2.45, 2.75) is 12.3 Å². The summed E-state index contributed by atoms with van der Waals surface area (Å²) in [6.45, 7) is 1.58. The zero-order valence-electron chi connectivity index (χ0n) is 16.7. The van der Waals surface area contributed by atoms with Crippen LogP contribution in [-0.4, -0.2) is 106 Å². The van der Waals surface area contributed by atoms with Crippen molar-refractivity contribution in [1.29, 1.82) is 0 Å². The van der Waals surface area contributed by atoms with Gasteiger partial charge >= 0.3 is 16.1 Å². The van der Waals surface area contributed by atoms with Crippen LogP contribution in [0, 0.1) is 6.92 Å². The van der Waals surface area contributed by atoms with Crippen molar-refractivity contribution < 1.29 is 18.9 Å². The van der Waals surface area contributed by atoms with Gasteiger partial charge in [-0.25, -0.2) is 0 Å². The molecule has 1 amide bonds. The van der Waals surface area contributed by atoms with Gasteiger partial charge in [0.1, 0.15) is 60.7 Å². The number of hydrogen-bond acceptors (Lipinski definition) is 5. The summed E-state index contributed by atoms with van der Waals surface area (Å²) >= 11 is 6.16. The van der Waals surface area contributed by atoms with E-state index in [-0.39, 0.29) is 48.4 Å². The average Bonchev–Trinajstić information content (AvgIpc) is 2.76. The molecule has 0 spiro atoms. The SMILES string of the molecule is [B]OC(=O)C([B])([B])N([B])C(=O)c1nc([B])c(-c2c([B])c(Cl)c([B])c([B])c2C)c([B])c1O[B]. The number of rotatable bonds is 5. The van der Waals surface area contributed by atoms with Gasteiger partial charge in [-0.2, -0.15) is 0 Å². The summed E-state index contributed by atoms with van der Waals surface area (Å²) in [6, 6.07) is 0. The van der Waals surface area contributed by atoms with Crippen LogP contribution < -0.4 is 32.1 Å². The fraction of sp³-hybridized carbons (Fsp3) is 0.133. The van der Waals surface area contributed by atoms with Crippen molar-refractivity contribution in [2.24, 2.45) is 0 Å². The maximum absolute atomic E-state index is 12.8. The minimum Gasteiger partial charge on any atom is -0.567 e. The largest absolute Gasteiger partial charge is 0.567 e. The van der Waals surface area contributed by atoms with Gasteiger partial charge in [0.25, 0.3) is 11.9 Å². The van der Waals surface area contributed by atoms with Crippen molar-refractivity contribution in [3.8, 4) is 16.9 Å². The monoisotopic (exact) mass is 420 g/mol. The van der Waals surface area contributed by atoms with E-state index in [0.29, 0.717) is 5.56 Å². The molecule has 6 nitrogen and oxygen atoms in total. The number of benzene rings is 1. The maximum atomic E-state index is 12.8. The highest BCUT2D eigenvalue weighted by atomic mass is 35.5. The zero-order valence-corrected chi connectivity index (χ0v) is 17.4. The lowest BCUT2D eigenvalue weighted by Gasteiger charge is -2.35. The summed E-state index contributed by atoms with van der Waals surface area (Å²) in [6.07, 6.45) is 0. The maximum Gasteiger partial charge on any atom is 0.378 e. The molecule has 0 aliphatic carbocycles. The molecule has 20 radical (unpaired) electrons. The van der Waals surface area contributed by atoms with E-state index in [0.717, 1.165) is 0 Å². The lowest BCUT2D eigenvalue weighted by Crippen LogP contribution is -2.58. The fourth-order valence-corrected chi connectivity index (χ4v) is 3.04.